The van der Waals surface area contributed by atoms with Crippen LogP contribution in [0.1, 0.15) is 51.0 Å². The third-order valence-corrected chi connectivity index (χ3v) is 5.48. The largest absolute Gasteiger partial charge is 0.389 e. The summed E-state index contributed by atoms with van der Waals surface area (Å²) in [5.74, 6) is 0.159. The highest BCUT2D eigenvalue weighted by atomic mass is 32.2. The average Bonchev–Trinajstić information content (AvgIpc) is 2.63. The van der Waals surface area contributed by atoms with Crippen molar-refractivity contribution in [3.8, 4) is 0 Å². The predicted molar refractivity (Wildman–Crippen MR) is 102 cm³/mol. The van der Waals surface area contributed by atoms with Crippen LogP contribution in [0.4, 0.5) is 31.1 Å². The number of carbonyl (C=O) groups excluding carboxylic acids is 1. The predicted octanol–water partition coefficient (Wildman–Crippen LogP) is 4.70. The third-order valence-electron chi connectivity index (χ3n) is 4.21. The van der Waals surface area contributed by atoms with Gasteiger partial charge in [-0.15, -0.1) is 4.83 Å². The Balaban J connectivity index is 2.75. The Morgan fingerprint density at radius 2 is 1.39 bits per heavy atom. The highest BCUT2D eigenvalue weighted by molar-refractivity contribution is 7.89. The highest BCUT2D eigenvalue weighted by Gasteiger charge is 2.29. The zero-order chi connectivity index (χ0) is 23.9. The van der Waals surface area contributed by atoms with E-state index in [2.05, 4.69) is 0 Å². The lowest BCUT2D eigenvalue weighted by molar-refractivity contribution is -0.136. The molecule has 1 rings (SSSR count). The SMILES string of the molecule is CC(C)c1ccc(S(=O)(=O)NNC(=O)N(CCCC(F)(F)F)CCCC(F)(F)F)cc1. The Hall–Kier alpha value is -2.02. The van der Waals surface area contributed by atoms with E-state index in [0.717, 1.165) is 5.56 Å². The van der Waals surface area contributed by atoms with Gasteiger partial charge in [-0.05, 0) is 36.5 Å². The van der Waals surface area contributed by atoms with Gasteiger partial charge in [0.25, 0.3) is 10.0 Å². The second-order valence-corrected chi connectivity index (χ2v) is 8.87. The quantitative estimate of drug-likeness (QED) is 0.379. The second kappa shape index (κ2) is 11.0. The Morgan fingerprint density at radius 1 is 0.935 bits per heavy atom. The standard InChI is InChI=1S/C18H25F6N3O3S/c1-13(2)14-5-7-15(8-6-14)31(29,30)26-25-16(28)27(11-3-9-17(19,20)21)12-4-10-18(22,23)24/h5-8,13,26H,3-4,9-12H2,1-2H3,(H,25,28). The van der Waals surface area contributed by atoms with Gasteiger partial charge in [0.1, 0.15) is 0 Å². The molecule has 6 nitrogen and oxygen atoms in total. The summed E-state index contributed by atoms with van der Waals surface area (Å²) < 4.78 is 98.5. The number of halogens is 6. The summed E-state index contributed by atoms with van der Waals surface area (Å²) in [5.41, 5.74) is 2.72. The number of benzene rings is 1. The van der Waals surface area contributed by atoms with Crippen molar-refractivity contribution >= 4 is 16.1 Å². The van der Waals surface area contributed by atoms with Crippen LogP contribution in [0.5, 0.6) is 0 Å². The van der Waals surface area contributed by atoms with E-state index < -0.39 is 67.2 Å². The summed E-state index contributed by atoms with van der Waals surface area (Å²) in [6.07, 6.45) is -12.5. The van der Waals surface area contributed by atoms with Crippen LogP contribution in [0, 0.1) is 0 Å². The molecule has 1 aromatic rings. The Morgan fingerprint density at radius 3 is 1.77 bits per heavy atom. The zero-order valence-electron chi connectivity index (χ0n) is 17.0. The molecule has 0 bridgehead atoms. The molecule has 0 radical (unpaired) electrons. The van der Waals surface area contributed by atoms with Crippen LogP contribution in [-0.2, 0) is 10.0 Å². The van der Waals surface area contributed by atoms with E-state index in [4.69, 9.17) is 0 Å². The molecule has 0 saturated heterocycles. The molecule has 0 spiro atoms. The molecule has 0 atom stereocenters. The number of amides is 2. The maximum absolute atomic E-state index is 12.3. The van der Waals surface area contributed by atoms with Crippen LogP contribution >= 0.6 is 0 Å². The first-order valence-corrected chi connectivity index (χ1v) is 10.9. The molecular weight excluding hydrogens is 452 g/mol. The van der Waals surface area contributed by atoms with Crippen LogP contribution in [0.15, 0.2) is 29.2 Å². The minimum Gasteiger partial charge on any atom is -0.324 e. The van der Waals surface area contributed by atoms with Crippen molar-refractivity contribution in [1.82, 2.24) is 15.2 Å². The molecule has 0 aliphatic rings. The van der Waals surface area contributed by atoms with Crippen LogP contribution in [-0.4, -0.2) is 44.8 Å². The van der Waals surface area contributed by atoms with Gasteiger partial charge >= 0.3 is 18.4 Å². The molecule has 13 heteroatoms. The van der Waals surface area contributed by atoms with Gasteiger partial charge in [-0.2, -0.15) is 26.3 Å². The van der Waals surface area contributed by atoms with Gasteiger partial charge in [0.2, 0.25) is 0 Å². The number of hydrogen-bond acceptors (Lipinski definition) is 3. The average molecular weight is 477 g/mol. The first kappa shape index (κ1) is 27.0. The van der Waals surface area contributed by atoms with Gasteiger partial charge in [-0.1, -0.05) is 26.0 Å². The van der Waals surface area contributed by atoms with Gasteiger partial charge < -0.3 is 4.90 Å². The lowest BCUT2D eigenvalue weighted by atomic mass is 10.0. The van der Waals surface area contributed by atoms with Crippen LogP contribution in [0.25, 0.3) is 0 Å². The van der Waals surface area contributed by atoms with Crippen molar-refractivity contribution in [2.45, 2.75) is 62.7 Å². The first-order chi connectivity index (χ1) is 14.1. The summed E-state index contributed by atoms with van der Waals surface area (Å²) in [7, 11) is -4.19. The van der Waals surface area contributed by atoms with Crippen molar-refractivity contribution in [2.75, 3.05) is 13.1 Å². The van der Waals surface area contributed by atoms with E-state index in [1.807, 2.05) is 19.3 Å². The summed E-state index contributed by atoms with van der Waals surface area (Å²) in [4.78, 5) is 14.5. The number of nitrogens with one attached hydrogen (secondary N) is 2. The van der Waals surface area contributed by atoms with Crippen molar-refractivity contribution < 1.29 is 39.6 Å². The smallest absolute Gasteiger partial charge is 0.324 e. The van der Waals surface area contributed by atoms with E-state index in [9.17, 15) is 39.6 Å². The number of sulfonamides is 1. The van der Waals surface area contributed by atoms with E-state index >= 15 is 0 Å². The fourth-order valence-electron chi connectivity index (χ4n) is 2.54. The van der Waals surface area contributed by atoms with E-state index in [-0.39, 0.29) is 10.8 Å². The topological polar surface area (TPSA) is 78.5 Å². The monoisotopic (exact) mass is 477 g/mol. The summed E-state index contributed by atoms with van der Waals surface area (Å²) >= 11 is 0. The first-order valence-electron chi connectivity index (χ1n) is 9.41. The molecule has 1 aromatic carbocycles. The number of hydrazine groups is 1. The normalized spacial score (nSPS) is 12.8. The molecule has 0 aliphatic heterocycles. The number of alkyl halides is 6. The fourth-order valence-corrected chi connectivity index (χ4v) is 3.37. The zero-order valence-corrected chi connectivity index (χ0v) is 17.8. The van der Waals surface area contributed by atoms with Gasteiger partial charge in [-0.25, -0.2) is 13.2 Å². The second-order valence-electron chi connectivity index (χ2n) is 7.18. The van der Waals surface area contributed by atoms with Crippen molar-refractivity contribution in [2.24, 2.45) is 0 Å². The molecule has 2 N–H and O–H groups in total. The van der Waals surface area contributed by atoms with E-state index in [1.54, 1.807) is 17.0 Å². The van der Waals surface area contributed by atoms with Crippen LogP contribution < -0.4 is 10.3 Å². The fraction of sp³-hybridized carbons (Fsp3) is 0.611. The summed E-state index contributed by atoms with van der Waals surface area (Å²) in [5, 5.41) is 0. The number of rotatable bonds is 10. The lowest BCUT2D eigenvalue weighted by Crippen LogP contribution is -2.49. The Kier molecular flexibility index (Phi) is 9.61. The van der Waals surface area contributed by atoms with E-state index in [1.165, 1.54) is 12.1 Å². The number of hydrogen-bond donors (Lipinski definition) is 2. The molecule has 0 aliphatic carbocycles. The molecule has 0 heterocycles. The summed E-state index contributed by atoms with van der Waals surface area (Å²) in [6.45, 7) is 2.84. The molecule has 2 amide bonds. The molecule has 0 aromatic heterocycles. The molecule has 0 saturated carbocycles. The molecule has 178 valence electrons. The molecular formula is C18H25F6N3O3S. The lowest BCUT2D eigenvalue weighted by Gasteiger charge is -2.24. The highest BCUT2D eigenvalue weighted by Crippen LogP contribution is 2.23. The van der Waals surface area contributed by atoms with Gasteiger partial charge in [-0.3, -0.25) is 5.43 Å². The molecule has 0 fully saturated rings. The number of carbonyl (C=O) groups is 1. The Labute approximate surface area is 177 Å². The minimum absolute atomic E-state index is 0.159. The molecule has 31 heavy (non-hydrogen) atoms. The van der Waals surface area contributed by atoms with Crippen molar-refractivity contribution in [1.29, 1.82) is 0 Å². The van der Waals surface area contributed by atoms with Crippen molar-refractivity contribution in [3.63, 3.8) is 0 Å². The van der Waals surface area contributed by atoms with Crippen molar-refractivity contribution in [3.05, 3.63) is 29.8 Å². The van der Waals surface area contributed by atoms with Gasteiger partial charge in [0, 0.05) is 25.9 Å². The van der Waals surface area contributed by atoms with Gasteiger partial charge in [0.15, 0.2) is 0 Å². The third kappa shape index (κ3) is 10.7. The minimum atomic E-state index is -4.49. The van der Waals surface area contributed by atoms with Crippen LogP contribution in [0.3, 0.4) is 0 Å². The number of urea groups is 1. The number of nitrogens with zero attached hydrogens (tertiary/aromatic N) is 1. The molecule has 0 unspecified atom stereocenters. The van der Waals surface area contributed by atoms with Crippen LogP contribution in [0.2, 0.25) is 0 Å². The summed E-state index contributed by atoms with van der Waals surface area (Å²) in [6, 6.07) is 4.65. The Bertz CT molecular complexity index is 788. The van der Waals surface area contributed by atoms with Gasteiger partial charge in [0.05, 0.1) is 4.90 Å². The maximum atomic E-state index is 12.3. The van der Waals surface area contributed by atoms with E-state index in [0.29, 0.717) is 4.90 Å². The maximum Gasteiger partial charge on any atom is 0.389 e.